The van der Waals surface area contributed by atoms with E-state index in [9.17, 15) is 9.18 Å². The molecule has 1 spiro atoms. The van der Waals surface area contributed by atoms with Gasteiger partial charge in [-0.3, -0.25) is 9.89 Å². The van der Waals surface area contributed by atoms with Gasteiger partial charge in [-0.25, -0.2) is 24.0 Å². The van der Waals surface area contributed by atoms with Gasteiger partial charge in [-0.1, -0.05) is 6.07 Å². The molecule has 6 rings (SSSR count). The molecular formula is C29H34FN9O. The Balaban J connectivity index is 1.13. The lowest BCUT2D eigenvalue weighted by Crippen LogP contribution is -2.54. The Morgan fingerprint density at radius 3 is 2.55 bits per heavy atom. The largest absolute Gasteiger partial charge is 0.341 e. The summed E-state index contributed by atoms with van der Waals surface area (Å²) in [5.41, 5.74) is 4.46. The topological polar surface area (TPSA) is 109 Å². The Labute approximate surface area is 232 Å². The van der Waals surface area contributed by atoms with Crippen LogP contribution in [-0.2, 0) is 11.2 Å². The first-order valence-corrected chi connectivity index (χ1v) is 13.9. The van der Waals surface area contributed by atoms with Gasteiger partial charge in [0.05, 0.1) is 35.2 Å². The van der Waals surface area contributed by atoms with Crippen molar-refractivity contribution in [3.05, 3.63) is 77.0 Å². The Hall–Kier alpha value is -4.15. The summed E-state index contributed by atoms with van der Waals surface area (Å²) < 4.78 is 14.7. The number of halogens is 1. The Kier molecular flexibility index (Phi) is 6.81. The molecule has 1 N–H and O–H groups in total. The third kappa shape index (κ3) is 5.07. The molecule has 2 fully saturated rings. The van der Waals surface area contributed by atoms with E-state index in [0.717, 1.165) is 85.8 Å². The van der Waals surface area contributed by atoms with Crippen molar-refractivity contribution >= 4 is 11.9 Å². The molecule has 10 nitrogen and oxygen atoms in total. The van der Waals surface area contributed by atoms with Crippen molar-refractivity contribution in [3.8, 4) is 5.82 Å². The zero-order valence-electron chi connectivity index (χ0n) is 23.1. The molecule has 2 aliphatic heterocycles. The van der Waals surface area contributed by atoms with Crippen LogP contribution >= 0.6 is 0 Å². The van der Waals surface area contributed by atoms with Crippen LogP contribution in [0, 0.1) is 25.1 Å². The van der Waals surface area contributed by atoms with E-state index < -0.39 is 5.82 Å². The van der Waals surface area contributed by atoms with Gasteiger partial charge in [0.15, 0.2) is 11.6 Å². The molecule has 0 radical (unpaired) electrons. The summed E-state index contributed by atoms with van der Waals surface area (Å²) in [5.74, 6) is 1.08. The van der Waals surface area contributed by atoms with Crippen LogP contribution in [0.2, 0.25) is 0 Å². The SMILES string of the molecule is Cc1cc(Cc2cc(C)[nH]n2)nc(N2CCC3(CCCN([C@H](C)c4ccc(-n5cc(F)cn5)nc4)C3=O)CC2)n1. The lowest BCUT2D eigenvalue weighted by Gasteiger charge is -2.48. The predicted molar refractivity (Wildman–Crippen MR) is 147 cm³/mol. The summed E-state index contributed by atoms with van der Waals surface area (Å²) in [5, 5.41) is 11.3. The van der Waals surface area contributed by atoms with Gasteiger partial charge in [-0.2, -0.15) is 10.2 Å². The second-order valence-corrected chi connectivity index (χ2v) is 11.1. The van der Waals surface area contributed by atoms with Gasteiger partial charge in [0.25, 0.3) is 0 Å². The maximum atomic E-state index is 14.0. The second kappa shape index (κ2) is 10.4. The van der Waals surface area contributed by atoms with Crippen LogP contribution in [0.3, 0.4) is 0 Å². The number of likely N-dealkylation sites (tertiary alicyclic amines) is 1. The third-order valence-corrected chi connectivity index (χ3v) is 8.30. The second-order valence-electron chi connectivity index (χ2n) is 11.1. The highest BCUT2D eigenvalue weighted by Gasteiger charge is 2.47. The van der Waals surface area contributed by atoms with Crippen molar-refractivity contribution in [3.63, 3.8) is 0 Å². The summed E-state index contributed by atoms with van der Waals surface area (Å²) in [6.07, 6.45) is 8.29. The number of pyridine rings is 1. The first-order valence-electron chi connectivity index (χ1n) is 13.9. The quantitative estimate of drug-likeness (QED) is 0.390. The van der Waals surface area contributed by atoms with Gasteiger partial charge < -0.3 is 9.80 Å². The Bertz CT molecular complexity index is 1500. The molecule has 1 amide bonds. The van der Waals surface area contributed by atoms with Crippen molar-refractivity contribution in [2.24, 2.45) is 5.41 Å². The molecule has 0 bridgehead atoms. The minimum atomic E-state index is -0.409. The van der Waals surface area contributed by atoms with Crippen molar-refractivity contribution in [1.82, 2.24) is 39.8 Å². The first-order chi connectivity index (χ1) is 19.3. The summed E-state index contributed by atoms with van der Waals surface area (Å²) >= 11 is 0. The van der Waals surface area contributed by atoms with E-state index >= 15 is 0 Å². The van der Waals surface area contributed by atoms with E-state index in [4.69, 9.17) is 9.97 Å². The molecular weight excluding hydrogens is 509 g/mol. The van der Waals surface area contributed by atoms with Crippen LogP contribution in [-0.4, -0.2) is 65.4 Å². The molecule has 4 aromatic rings. The van der Waals surface area contributed by atoms with Gasteiger partial charge in [0.2, 0.25) is 11.9 Å². The summed E-state index contributed by atoms with van der Waals surface area (Å²) in [6, 6.07) is 7.70. The number of aryl methyl sites for hydroxylation is 2. The van der Waals surface area contributed by atoms with Gasteiger partial charge >= 0.3 is 0 Å². The molecule has 0 aromatic carbocycles. The van der Waals surface area contributed by atoms with Gasteiger partial charge in [-0.15, -0.1) is 0 Å². The number of carbonyl (C=O) groups excluding carboxylic acids is 1. The summed E-state index contributed by atoms with van der Waals surface area (Å²) in [7, 11) is 0. The van der Waals surface area contributed by atoms with Gasteiger partial charge in [0.1, 0.15) is 0 Å². The fourth-order valence-electron chi connectivity index (χ4n) is 6.05. The Morgan fingerprint density at radius 1 is 1.05 bits per heavy atom. The normalized spacial score (nSPS) is 17.9. The number of piperidine rings is 2. The minimum Gasteiger partial charge on any atom is -0.341 e. The van der Waals surface area contributed by atoms with E-state index in [1.807, 2.05) is 43.0 Å². The smallest absolute Gasteiger partial charge is 0.229 e. The lowest BCUT2D eigenvalue weighted by molar-refractivity contribution is -0.150. The van der Waals surface area contributed by atoms with Crippen LogP contribution in [0.4, 0.5) is 10.3 Å². The van der Waals surface area contributed by atoms with E-state index in [-0.39, 0.29) is 17.4 Å². The molecule has 0 unspecified atom stereocenters. The molecule has 2 aliphatic rings. The molecule has 11 heteroatoms. The maximum absolute atomic E-state index is 14.0. The number of carbonyl (C=O) groups is 1. The number of hydrogen-bond acceptors (Lipinski definition) is 7. The van der Waals surface area contributed by atoms with Crippen LogP contribution in [0.1, 0.15) is 67.0 Å². The molecule has 2 saturated heterocycles. The lowest BCUT2D eigenvalue weighted by atomic mass is 9.71. The highest BCUT2D eigenvalue weighted by Crippen LogP contribution is 2.43. The van der Waals surface area contributed by atoms with Gasteiger partial charge in [0, 0.05) is 43.6 Å². The number of nitrogens with one attached hydrogen (secondary N) is 1. The number of hydrogen-bond donors (Lipinski definition) is 1. The van der Waals surface area contributed by atoms with Crippen LogP contribution in [0.15, 0.2) is 42.9 Å². The molecule has 0 saturated carbocycles. The number of rotatable bonds is 6. The number of H-pyrrole nitrogens is 1. The van der Waals surface area contributed by atoms with Crippen LogP contribution in [0.25, 0.3) is 5.82 Å². The number of aromatic amines is 1. The average Bonchev–Trinajstić information content (AvgIpc) is 3.57. The molecule has 4 aromatic heterocycles. The highest BCUT2D eigenvalue weighted by atomic mass is 19.1. The molecule has 1 atom stereocenters. The van der Waals surface area contributed by atoms with Crippen LogP contribution < -0.4 is 4.90 Å². The van der Waals surface area contributed by atoms with Crippen molar-refractivity contribution < 1.29 is 9.18 Å². The molecule has 6 heterocycles. The highest BCUT2D eigenvalue weighted by molar-refractivity contribution is 5.84. The summed E-state index contributed by atoms with van der Waals surface area (Å²) in [6.45, 7) is 8.26. The standard InChI is InChI=1S/C29H34FN9O/c1-19-13-24(15-25-14-20(2)35-36-25)34-28(33-19)37-11-8-29(9-12-37)7-4-10-38(27(29)40)21(3)22-5-6-26(31-16-22)39-18-23(30)17-32-39/h5-6,13-14,16-18,21H,4,7-12,15H2,1-3H3,(H,35,36)/t21-/m1/s1. The molecule has 208 valence electrons. The van der Waals surface area contributed by atoms with Crippen molar-refractivity contribution in [2.75, 3.05) is 24.5 Å². The van der Waals surface area contributed by atoms with Crippen molar-refractivity contribution in [2.45, 2.75) is 58.9 Å². The summed E-state index contributed by atoms with van der Waals surface area (Å²) in [4.78, 5) is 32.2. The zero-order chi connectivity index (χ0) is 27.9. The third-order valence-electron chi connectivity index (χ3n) is 8.30. The zero-order valence-corrected chi connectivity index (χ0v) is 23.1. The molecule has 40 heavy (non-hydrogen) atoms. The Morgan fingerprint density at radius 2 is 1.88 bits per heavy atom. The van der Waals surface area contributed by atoms with Gasteiger partial charge in [-0.05, 0) is 70.2 Å². The fourth-order valence-corrected chi connectivity index (χ4v) is 6.05. The van der Waals surface area contributed by atoms with Crippen molar-refractivity contribution in [1.29, 1.82) is 0 Å². The number of anilines is 1. The van der Waals surface area contributed by atoms with Crippen LogP contribution in [0.5, 0.6) is 0 Å². The number of aromatic nitrogens is 7. The van der Waals surface area contributed by atoms with E-state index in [1.54, 1.807) is 6.20 Å². The van der Waals surface area contributed by atoms with E-state index in [0.29, 0.717) is 12.2 Å². The fraction of sp³-hybridized carbons (Fsp3) is 0.448. The maximum Gasteiger partial charge on any atom is 0.229 e. The first kappa shape index (κ1) is 26.1. The monoisotopic (exact) mass is 543 g/mol. The van der Waals surface area contributed by atoms with E-state index in [1.165, 1.54) is 10.9 Å². The molecule has 0 aliphatic carbocycles. The number of amides is 1. The predicted octanol–water partition coefficient (Wildman–Crippen LogP) is 4.10. The average molecular weight is 544 g/mol. The van der Waals surface area contributed by atoms with E-state index in [2.05, 4.69) is 32.1 Å². The minimum absolute atomic E-state index is 0.105. The number of nitrogens with zero attached hydrogens (tertiary/aromatic N) is 8.